The van der Waals surface area contributed by atoms with Gasteiger partial charge in [-0.05, 0) is 22.0 Å². The number of hydrogen-bond acceptors (Lipinski definition) is 4. The minimum absolute atomic E-state index is 0.417. The zero-order valence-electron chi connectivity index (χ0n) is 7.48. The summed E-state index contributed by atoms with van der Waals surface area (Å²) in [5.41, 5.74) is 6.35. The van der Waals surface area contributed by atoms with Crippen molar-refractivity contribution in [2.24, 2.45) is 7.05 Å². The number of nitrogens with two attached hydrogens (primary N) is 1. The van der Waals surface area contributed by atoms with Crippen LogP contribution in [0.25, 0.3) is 11.5 Å². The van der Waals surface area contributed by atoms with Crippen LogP contribution >= 0.6 is 15.9 Å². The Morgan fingerprint density at radius 3 is 2.86 bits per heavy atom. The van der Waals surface area contributed by atoms with E-state index in [0.717, 1.165) is 0 Å². The second-order valence-electron chi connectivity index (χ2n) is 2.80. The van der Waals surface area contributed by atoms with Crippen LogP contribution in [0, 0.1) is 0 Å². The lowest BCUT2D eigenvalue weighted by molar-refractivity contribution is 0.768. The van der Waals surface area contributed by atoms with E-state index in [0.29, 0.717) is 21.8 Å². The summed E-state index contributed by atoms with van der Waals surface area (Å²) < 4.78 is 2.38. The number of rotatable bonds is 1. The molecule has 2 N–H and O–H groups in total. The summed E-state index contributed by atoms with van der Waals surface area (Å²) in [4.78, 5) is 8.21. The Morgan fingerprint density at radius 2 is 2.29 bits per heavy atom. The second-order valence-corrected chi connectivity index (χ2v) is 3.66. The molecule has 2 heterocycles. The molecule has 0 saturated carbocycles. The van der Waals surface area contributed by atoms with Crippen LogP contribution in [0.3, 0.4) is 0 Å². The molecule has 0 aliphatic carbocycles. The fourth-order valence-corrected chi connectivity index (χ4v) is 1.23. The Kier molecular flexibility index (Phi) is 2.20. The smallest absolute Gasteiger partial charge is 0.182 e. The SMILES string of the molecule is Cn1ccc(-c2ncc(Br)c(N)n2)n1. The van der Waals surface area contributed by atoms with Gasteiger partial charge in [-0.25, -0.2) is 9.97 Å². The Hall–Kier alpha value is -1.43. The Labute approximate surface area is 89.1 Å². The quantitative estimate of drug-likeness (QED) is 0.830. The third kappa shape index (κ3) is 1.60. The van der Waals surface area contributed by atoms with Crippen LogP contribution in [-0.4, -0.2) is 19.7 Å². The van der Waals surface area contributed by atoms with Gasteiger partial charge in [0.05, 0.1) is 4.47 Å². The molecule has 0 radical (unpaired) electrons. The van der Waals surface area contributed by atoms with E-state index >= 15 is 0 Å². The van der Waals surface area contributed by atoms with Crippen molar-refractivity contribution in [2.75, 3.05) is 5.73 Å². The summed E-state index contributed by atoms with van der Waals surface area (Å²) in [7, 11) is 1.84. The van der Waals surface area contributed by atoms with Crippen LogP contribution in [0.5, 0.6) is 0 Å². The van der Waals surface area contributed by atoms with Crippen LogP contribution in [-0.2, 0) is 7.05 Å². The van der Waals surface area contributed by atoms with Gasteiger partial charge in [-0.15, -0.1) is 0 Å². The average molecular weight is 254 g/mol. The fourth-order valence-electron chi connectivity index (χ4n) is 1.04. The third-order valence-corrected chi connectivity index (χ3v) is 2.32. The van der Waals surface area contributed by atoms with E-state index in [2.05, 4.69) is 31.0 Å². The molecule has 2 aromatic rings. The van der Waals surface area contributed by atoms with E-state index in [1.165, 1.54) is 0 Å². The van der Waals surface area contributed by atoms with Gasteiger partial charge in [-0.3, -0.25) is 4.68 Å². The maximum absolute atomic E-state index is 5.63. The summed E-state index contributed by atoms with van der Waals surface area (Å²) in [5.74, 6) is 0.951. The summed E-state index contributed by atoms with van der Waals surface area (Å²) in [5, 5.41) is 4.17. The number of aromatic nitrogens is 4. The first-order chi connectivity index (χ1) is 6.66. The van der Waals surface area contributed by atoms with Gasteiger partial charge in [-0.2, -0.15) is 5.10 Å². The van der Waals surface area contributed by atoms with Gasteiger partial charge in [0.2, 0.25) is 0 Å². The van der Waals surface area contributed by atoms with Crippen LogP contribution in [0.1, 0.15) is 0 Å². The van der Waals surface area contributed by atoms with Gasteiger partial charge >= 0.3 is 0 Å². The van der Waals surface area contributed by atoms with Crippen LogP contribution in [0.15, 0.2) is 22.9 Å². The van der Waals surface area contributed by atoms with E-state index < -0.39 is 0 Å². The fraction of sp³-hybridized carbons (Fsp3) is 0.125. The Bertz CT molecular complexity index is 465. The average Bonchev–Trinajstić information content (AvgIpc) is 2.57. The largest absolute Gasteiger partial charge is 0.383 e. The number of aryl methyl sites for hydroxylation is 1. The van der Waals surface area contributed by atoms with Crippen molar-refractivity contribution in [1.29, 1.82) is 0 Å². The molecule has 5 nitrogen and oxygen atoms in total. The molecule has 0 spiro atoms. The minimum Gasteiger partial charge on any atom is -0.383 e. The van der Waals surface area contributed by atoms with E-state index in [1.54, 1.807) is 10.9 Å². The van der Waals surface area contributed by atoms with E-state index in [-0.39, 0.29) is 0 Å². The maximum atomic E-state index is 5.63. The molecular weight excluding hydrogens is 246 g/mol. The molecule has 0 fully saturated rings. The zero-order chi connectivity index (χ0) is 10.1. The molecule has 6 heteroatoms. The maximum Gasteiger partial charge on any atom is 0.182 e. The highest BCUT2D eigenvalue weighted by atomic mass is 79.9. The molecule has 0 saturated heterocycles. The Morgan fingerprint density at radius 1 is 1.50 bits per heavy atom. The van der Waals surface area contributed by atoms with E-state index in [9.17, 15) is 0 Å². The predicted octanol–water partition coefficient (Wildman–Crippen LogP) is 1.22. The molecule has 0 aromatic carbocycles. The van der Waals surface area contributed by atoms with Crippen LogP contribution in [0.2, 0.25) is 0 Å². The first-order valence-electron chi connectivity index (χ1n) is 3.95. The van der Waals surface area contributed by atoms with Gasteiger partial charge in [0, 0.05) is 19.4 Å². The summed E-state index contributed by atoms with van der Waals surface area (Å²) in [6.45, 7) is 0. The van der Waals surface area contributed by atoms with Crippen molar-refractivity contribution in [1.82, 2.24) is 19.7 Å². The lowest BCUT2D eigenvalue weighted by Gasteiger charge is -1.98. The van der Waals surface area contributed by atoms with Gasteiger partial charge in [-0.1, -0.05) is 0 Å². The molecule has 0 bridgehead atoms. The lowest BCUT2D eigenvalue weighted by atomic mass is 10.4. The summed E-state index contributed by atoms with van der Waals surface area (Å²) >= 11 is 3.23. The number of anilines is 1. The van der Waals surface area contributed by atoms with E-state index in [4.69, 9.17) is 5.73 Å². The Balaban J connectivity index is 2.47. The van der Waals surface area contributed by atoms with Crippen molar-refractivity contribution in [2.45, 2.75) is 0 Å². The first-order valence-corrected chi connectivity index (χ1v) is 4.74. The normalized spacial score (nSPS) is 10.4. The predicted molar refractivity (Wildman–Crippen MR) is 56.3 cm³/mol. The van der Waals surface area contributed by atoms with Crippen molar-refractivity contribution in [3.8, 4) is 11.5 Å². The lowest BCUT2D eigenvalue weighted by Crippen LogP contribution is -1.97. The molecule has 14 heavy (non-hydrogen) atoms. The van der Waals surface area contributed by atoms with Gasteiger partial charge in [0.1, 0.15) is 11.5 Å². The highest BCUT2D eigenvalue weighted by Gasteiger charge is 2.06. The number of halogens is 1. The summed E-state index contributed by atoms with van der Waals surface area (Å²) in [6, 6.07) is 1.84. The molecule has 0 aliphatic heterocycles. The van der Waals surface area contributed by atoms with Crippen molar-refractivity contribution >= 4 is 21.7 Å². The molecule has 0 atom stereocenters. The number of hydrogen-bond donors (Lipinski definition) is 1. The molecule has 72 valence electrons. The second kappa shape index (κ2) is 3.38. The van der Waals surface area contributed by atoms with Crippen molar-refractivity contribution in [3.63, 3.8) is 0 Å². The van der Waals surface area contributed by atoms with Gasteiger partial charge in [0.25, 0.3) is 0 Å². The molecule has 2 rings (SSSR count). The summed E-state index contributed by atoms with van der Waals surface area (Å²) in [6.07, 6.45) is 3.45. The van der Waals surface area contributed by atoms with Crippen LogP contribution in [0.4, 0.5) is 5.82 Å². The number of nitrogens with zero attached hydrogens (tertiary/aromatic N) is 4. The monoisotopic (exact) mass is 253 g/mol. The molecule has 2 aromatic heterocycles. The van der Waals surface area contributed by atoms with E-state index in [1.807, 2.05) is 19.3 Å². The standard InChI is InChI=1S/C8H8BrN5/c1-14-3-2-6(13-14)8-11-4-5(9)7(10)12-8/h2-4H,1H3,(H2,10,11,12). The van der Waals surface area contributed by atoms with Crippen molar-refractivity contribution in [3.05, 3.63) is 22.9 Å². The van der Waals surface area contributed by atoms with Gasteiger partial charge in [0.15, 0.2) is 5.82 Å². The molecular formula is C8H8BrN5. The van der Waals surface area contributed by atoms with Gasteiger partial charge < -0.3 is 5.73 Å². The molecule has 0 amide bonds. The topological polar surface area (TPSA) is 69.6 Å². The number of nitrogen functional groups attached to an aromatic ring is 1. The zero-order valence-corrected chi connectivity index (χ0v) is 9.06. The van der Waals surface area contributed by atoms with Crippen LogP contribution < -0.4 is 5.73 Å². The minimum atomic E-state index is 0.417. The highest BCUT2D eigenvalue weighted by molar-refractivity contribution is 9.10. The highest BCUT2D eigenvalue weighted by Crippen LogP contribution is 2.19. The molecule has 0 aliphatic rings. The van der Waals surface area contributed by atoms with Crippen molar-refractivity contribution < 1.29 is 0 Å². The first kappa shape index (κ1) is 9.14. The third-order valence-electron chi connectivity index (χ3n) is 1.71. The molecule has 0 unspecified atom stereocenters.